The Bertz CT molecular complexity index is 515. The first-order valence-corrected chi connectivity index (χ1v) is 8.61. The monoisotopic (exact) mass is 419 g/mol. The number of aryl methyl sites for hydroxylation is 1. The van der Waals surface area contributed by atoms with Crippen LogP contribution >= 0.6 is 31.9 Å². The lowest BCUT2D eigenvalue weighted by Gasteiger charge is -2.28. The average Bonchev–Trinajstić information content (AvgIpc) is 2.32. The Balaban J connectivity index is 2.82. The molecule has 5 heteroatoms. The second-order valence-electron chi connectivity index (χ2n) is 6.08. The minimum atomic E-state index is -0.206. The highest BCUT2D eigenvalue weighted by Crippen LogP contribution is 2.36. The predicted octanol–water partition coefficient (Wildman–Crippen LogP) is 4.89. The van der Waals surface area contributed by atoms with Crippen LogP contribution in [-0.4, -0.2) is 12.6 Å². The summed E-state index contributed by atoms with van der Waals surface area (Å²) >= 11 is 7.11. The molecule has 0 amide bonds. The van der Waals surface area contributed by atoms with E-state index in [0.29, 0.717) is 19.4 Å². The molecule has 3 nitrogen and oxygen atoms in total. The molecule has 0 aliphatic carbocycles. The Morgan fingerprint density at radius 2 is 1.95 bits per heavy atom. The van der Waals surface area contributed by atoms with Crippen molar-refractivity contribution < 1.29 is 9.53 Å². The molecule has 0 heterocycles. The van der Waals surface area contributed by atoms with Crippen molar-refractivity contribution in [3.8, 4) is 0 Å². The number of rotatable bonds is 6. The Labute approximate surface area is 143 Å². The molecular formula is C16H23Br2NO2. The highest BCUT2D eigenvalue weighted by molar-refractivity contribution is 9.11. The summed E-state index contributed by atoms with van der Waals surface area (Å²) < 4.78 is 7.07. The maximum Gasteiger partial charge on any atom is 0.306 e. The number of halogens is 2. The highest BCUT2D eigenvalue weighted by atomic mass is 79.9. The largest absolute Gasteiger partial charge is 0.466 e. The molecule has 2 N–H and O–H groups in total. The van der Waals surface area contributed by atoms with Crippen LogP contribution in [0.5, 0.6) is 0 Å². The van der Waals surface area contributed by atoms with E-state index in [1.807, 2.05) is 33.8 Å². The highest BCUT2D eigenvalue weighted by Gasteiger charge is 2.27. The van der Waals surface area contributed by atoms with Gasteiger partial charge in [-0.15, -0.1) is 0 Å². The normalized spacial score (nSPS) is 13.1. The lowest BCUT2D eigenvalue weighted by molar-refractivity contribution is -0.145. The predicted molar refractivity (Wildman–Crippen MR) is 93.2 cm³/mol. The van der Waals surface area contributed by atoms with Gasteiger partial charge in [0.2, 0.25) is 0 Å². The number of carbonyl (C=O) groups is 1. The fourth-order valence-corrected chi connectivity index (χ4v) is 3.44. The number of benzene rings is 1. The van der Waals surface area contributed by atoms with Gasteiger partial charge in [0.1, 0.15) is 0 Å². The quantitative estimate of drug-likeness (QED) is 0.666. The second kappa shape index (κ2) is 7.75. The van der Waals surface area contributed by atoms with Crippen LogP contribution in [0.15, 0.2) is 21.1 Å². The Hall–Kier alpha value is -0.390. The van der Waals surface area contributed by atoms with Crippen LogP contribution in [0.4, 0.5) is 0 Å². The third-order valence-electron chi connectivity index (χ3n) is 3.38. The first-order valence-electron chi connectivity index (χ1n) is 7.03. The second-order valence-corrected chi connectivity index (χ2v) is 7.79. The molecule has 0 aliphatic heterocycles. The molecule has 0 aromatic heterocycles. The van der Waals surface area contributed by atoms with E-state index in [-0.39, 0.29) is 17.4 Å². The molecular weight excluding hydrogens is 398 g/mol. The van der Waals surface area contributed by atoms with Gasteiger partial charge in [-0.1, -0.05) is 45.7 Å². The summed E-state index contributed by atoms with van der Waals surface area (Å²) in [6, 6.07) is 3.96. The van der Waals surface area contributed by atoms with E-state index in [1.54, 1.807) is 0 Å². The van der Waals surface area contributed by atoms with Crippen LogP contribution in [0.25, 0.3) is 0 Å². The molecule has 1 aromatic carbocycles. The molecule has 21 heavy (non-hydrogen) atoms. The Morgan fingerprint density at radius 1 is 1.33 bits per heavy atom. The summed E-state index contributed by atoms with van der Waals surface area (Å²) in [7, 11) is 0. The first kappa shape index (κ1) is 18.7. The van der Waals surface area contributed by atoms with Gasteiger partial charge in [0, 0.05) is 15.0 Å². The molecule has 0 aliphatic rings. The summed E-state index contributed by atoms with van der Waals surface area (Å²) in [5.74, 6) is -0.168. The number of nitrogens with two attached hydrogens (primary N) is 1. The lowest BCUT2D eigenvalue weighted by atomic mass is 9.81. The SMILES string of the molecule is CCOC(=O)CC(C)(C)CC(N)c1cc(Br)c(C)cc1Br. The molecule has 0 saturated carbocycles. The van der Waals surface area contributed by atoms with Crippen molar-refractivity contribution >= 4 is 37.8 Å². The van der Waals surface area contributed by atoms with Crippen LogP contribution in [0, 0.1) is 12.3 Å². The number of ether oxygens (including phenoxy) is 1. The van der Waals surface area contributed by atoms with Crippen molar-refractivity contribution in [2.45, 2.75) is 46.6 Å². The minimum Gasteiger partial charge on any atom is -0.466 e. The van der Waals surface area contributed by atoms with E-state index in [4.69, 9.17) is 10.5 Å². The van der Waals surface area contributed by atoms with Crippen molar-refractivity contribution in [2.24, 2.45) is 11.1 Å². The third-order valence-corrected chi connectivity index (χ3v) is 4.92. The summed E-state index contributed by atoms with van der Waals surface area (Å²) in [6.07, 6.45) is 1.08. The van der Waals surface area contributed by atoms with E-state index in [1.165, 1.54) is 0 Å². The van der Waals surface area contributed by atoms with E-state index < -0.39 is 0 Å². The van der Waals surface area contributed by atoms with Gasteiger partial charge < -0.3 is 10.5 Å². The van der Waals surface area contributed by atoms with Gasteiger partial charge in [-0.05, 0) is 48.9 Å². The molecule has 0 spiro atoms. The van der Waals surface area contributed by atoms with Crippen LogP contribution in [0.2, 0.25) is 0 Å². The molecule has 1 rings (SSSR count). The van der Waals surface area contributed by atoms with Crippen LogP contribution < -0.4 is 5.73 Å². The number of carbonyl (C=O) groups excluding carboxylic acids is 1. The molecule has 0 fully saturated rings. The van der Waals surface area contributed by atoms with Crippen LogP contribution in [0.3, 0.4) is 0 Å². The summed E-state index contributed by atoms with van der Waals surface area (Å²) in [5.41, 5.74) is 8.34. The molecule has 1 atom stereocenters. The van der Waals surface area contributed by atoms with E-state index in [9.17, 15) is 4.79 Å². The van der Waals surface area contributed by atoms with Gasteiger partial charge in [-0.25, -0.2) is 0 Å². The van der Waals surface area contributed by atoms with Crippen molar-refractivity contribution in [2.75, 3.05) is 6.61 Å². The summed E-state index contributed by atoms with van der Waals surface area (Å²) in [5, 5.41) is 0. The zero-order valence-corrected chi connectivity index (χ0v) is 16.2. The van der Waals surface area contributed by atoms with E-state index in [0.717, 1.165) is 20.1 Å². The van der Waals surface area contributed by atoms with Crippen molar-refractivity contribution in [1.29, 1.82) is 0 Å². The maximum absolute atomic E-state index is 11.7. The molecule has 1 aromatic rings. The van der Waals surface area contributed by atoms with Gasteiger partial charge in [-0.2, -0.15) is 0 Å². The summed E-state index contributed by atoms with van der Waals surface area (Å²) in [4.78, 5) is 11.7. The molecule has 0 radical (unpaired) electrons. The Morgan fingerprint density at radius 3 is 2.52 bits per heavy atom. The van der Waals surface area contributed by atoms with Gasteiger partial charge in [-0.3, -0.25) is 4.79 Å². The van der Waals surface area contributed by atoms with Crippen molar-refractivity contribution in [1.82, 2.24) is 0 Å². The third kappa shape index (κ3) is 5.72. The fraction of sp³-hybridized carbons (Fsp3) is 0.562. The minimum absolute atomic E-state index is 0.138. The van der Waals surface area contributed by atoms with Gasteiger partial charge >= 0.3 is 5.97 Å². The van der Waals surface area contributed by atoms with E-state index in [2.05, 4.69) is 37.9 Å². The molecule has 0 bridgehead atoms. The average molecular weight is 421 g/mol. The number of esters is 1. The van der Waals surface area contributed by atoms with Crippen molar-refractivity contribution in [3.63, 3.8) is 0 Å². The van der Waals surface area contributed by atoms with Crippen LogP contribution in [0.1, 0.15) is 50.8 Å². The molecule has 0 saturated heterocycles. The summed E-state index contributed by atoms with van der Waals surface area (Å²) in [6.45, 7) is 8.35. The standard InChI is InChI=1S/C16H23Br2NO2/c1-5-21-15(20)9-16(3,4)8-14(19)11-7-12(17)10(2)6-13(11)18/h6-7,14H,5,8-9,19H2,1-4H3. The van der Waals surface area contributed by atoms with E-state index >= 15 is 0 Å². The number of hydrogen-bond acceptors (Lipinski definition) is 3. The zero-order valence-electron chi connectivity index (χ0n) is 13.0. The Kier molecular flexibility index (Phi) is 6.88. The lowest BCUT2D eigenvalue weighted by Crippen LogP contribution is -2.25. The first-order chi connectivity index (χ1) is 9.66. The maximum atomic E-state index is 11.7. The smallest absolute Gasteiger partial charge is 0.306 e. The van der Waals surface area contributed by atoms with Gasteiger partial charge in [0.25, 0.3) is 0 Å². The van der Waals surface area contributed by atoms with Gasteiger partial charge in [0.05, 0.1) is 13.0 Å². The molecule has 118 valence electrons. The fourth-order valence-electron chi connectivity index (χ4n) is 2.33. The topological polar surface area (TPSA) is 52.3 Å². The van der Waals surface area contributed by atoms with Crippen molar-refractivity contribution in [3.05, 3.63) is 32.2 Å². The van der Waals surface area contributed by atoms with Crippen LogP contribution in [-0.2, 0) is 9.53 Å². The zero-order chi connectivity index (χ0) is 16.2. The van der Waals surface area contributed by atoms with Gasteiger partial charge in [0.15, 0.2) is 0 Å². The molecule has 1 unspecified atom stereocenters. The number of hydrogen-bond donors (Lipinski definition) is 1.